The van der Waals surface area contributed by atoms with Crippen LogP contribution in [-0.2, 0) is 4.74 Å². The van der Waals surface area contributed by atoms with Gasteiger partial charge in [-0.3, -0.25) is 4.79 Å². The van der Waals surface area contributed by atoms with E-state index in [9.17, 15) is 9.59 Å². The number of rotatable bonds is 3. The summed E-state index contributed by atoms with van der Waals surface area (Å²) in [7, 11) is 1.43. The molecule has 0 unspecified atom stereocenters. The van der Waals surface area contributed by atoms with Gasteiger partial charge >= 0.3 is 6.09 Å². The highest BCUT2D eigenvalue weighted by Gasteiger charge is 2.28. The number of hydrogen-bond acceptors (Lipinski definition) is 6. The predicted molar refractivity (Wildman–Crippen MR) is 93.8 cm³/mol. The van der Waals surface area contributed by atoms with Gasteiger partial charge in [0, 0.05) is 31.4 Å². The third-order valence-corrected chi connectivity index (χ3v) is 3.92. The molecule has 2 amide bonds. The molecular weight excluding hydrogens is 336 g/mol. The average molecular weight is 360 g/mol. The van der Waals surface area contributed by atoms with Gasteiger partial charge < -0.3 is 19.7 Å². The van der Waals surface area contributed by atoms with Gasteiger partial charge in [0.25, 0.3) is 5.91 Å². The summed E-state index contributed by atoms with van der Waals surface area (Å²) in [6.07, 6.45) is 2.26. The molecule has 1 fully saturated rings. The monoisotopic (exact) mass is 360 g/mol. The Labute approximate surface area is 153 Å². The number of likely N-dealkylation sites (tertiary alicyclic amines) is 1. The Kier molecular flexibility index (Phi) is 6.03. The second kappa shape index (κ2) is 8.04. The number of piperidine rings is 1. The minimum absolute atomic E-state index is 0.0513. The lowest BCUT2D eigenvalue weighted by Crippen LogP contribution is -2.47. The van der Waals surface area contributed by atoms with Crippen molar-refractivity contribution in [1.29, 1.82) is 5.26 Å². The van der Waals surface area contributed by atoms with Crippen LogP contribution in [0.15, 0.2) is 12.3 Å². The van der Waals surface area contributed by atoms with E-state index in [4.69, 9.17) is 14.7 Å². The summed E-state index contributed by atoms with van der Waals surface area (Å²) in [5.41, 5.74) is -0.0622. The molecule has 8 nitrogen and oxygen atoms in total. The molecule has 1 aromatic rings. The maximum Gasteiger partial charge on any atom is 0.410 e. The first-order valence-corrected chi connectivity index (χ1v) is 8.46. The summed E-state index contributed by atoms with van der Waals surface area (Å²) in [4.78, 5) is 30.1. The molecule has 0 saturated carbocycles. The standard InChI is InChI=1S/C18H24N4O4/c1-18(2,3)26-17(24)22-7-5-13(6-8-22)21-16(23)14-9-15(25-4)12(10-19)11-20-14/h9,11,13H,5-8H2,1-4H3,(H,21,23). The molecule has 0 aromatic carbocycles. The van der Waals surface area contributed by atoms with E-state index < -0.39 is 5.60 Å². The average Bonchev–Trinajstić information content (AvgIpc) is 2.60. The van der Waals surface area contributed by atoms with Crippen LogP contribution < -0.4 is 10.1 Å². The number of amides is 2. The topological polar surface area (TPSA) is 105 Å². The van der Waals surface area contributed by atoms with Crippen LogP contribution >= 0.6 is 0 Å². The van der Waals surface area contributed by atoms with E-state index in [0.717, 1.165) is 0 Å². The number of hydrogen-bond donors (Lipinski definition) is 1. The Bertz CT molecular complexity index is 713. The van der Waals surface area contributed by atoms with E-state index in [0.29, 0.717) is 31.7 Å². The molecular formula is C18H24N4O4. The van der Waals surface area contributed by atoms with Crippen molar-refractivity contribution >= 4 is 12.0 Å². The molecule has 2 rings (SSSR count). The van der Waals surface area contributed by atoms with Crippen LogP contribution in [-0.4, -0.2) is 53.7 Å². The zero-order chi connectivity index (χ0) is 19.3. The lowest BCUT2D eigenvalue weighted by Gasteiger charge is -2.33. The van der Waals surface area contributed by atoms with Crippen LogP contribution in [0.5, 0.6) is 5.75 Å². The van der Waals surface area contributed by atoms with E-state index in [2.05, 4.69) is 10.3 Å². The van der Waals surface area contributed by atoms with Gasteiger partial charge in [-0.2, -0.15) is 5.26 Å². The molecule has 1 saturated heterocycles. The van der Waals surface area contributed by atoms with Crippen LogP contribution in [0.2, 0.25) is 0 Å². The quantitative estimate of drug-likeness (QED) is 0.885. The van der Waals surface area contributed by atoms with Gasteiger partial charge in [-0.1, -0.05) is 0 Å². The van der Waals surface area contributed by atoms with Gasteiger partial charge in [-0.15, -0.1) is 0 Å². The zero-order valence-electron chi connectivity index (χ0n) is 15.5. The van der Waals surface area contributed by atoms with Gasteiger partial charge in [-0.25, -0.2) is 9.78 Å². The summed E-state index contributed by atoms with van der Waals surface area (Å²) >= 11 is 0. The van der Waals surface area contributed by atoms with Gasteiger partial charge in [0.15, 0.2) is 0 Å². The first kappa shape index (κ1) is 19.5. The number of ether oxygens (including phenoxy) is 2. The van der Waals surface area contributed by atoms with Crippen molar-refractivity contribution in [2.24, 2.45) is 0 Å². The predicted octanol–water partition coefficient (Wildman–Crippen LogP) is 2.09. The minimum Gasteiger partial charge on any atom is -0.495 e. The summed E-state index contributed by atoms with van der Waals surface area (Å²) in [5.74, 6) is -0.0177. The van der Waals surface area contributed by atoms with Crippen molar-refractivity contribution in [1.82, 2.24) is 15.2 Å². The molecule has 8 heteroatoms. The third-order valence-electron chi connectivity index (χ3n) is 3.92. The van der Waals surface area contributed by atoms with Gasteiger partial charge in [0.2, 0.25) is 0 Å². The van der Waals surface area contributed by atoms with Crippen LogP contribution in [0.1, 0.15) is 49.7 Å². The van der Waals surface area contributed by atoms with E-state index in [1.54, 1.807) is 4.90 Å². The summed E-state index contributed by atoms with van der Waals surface area (Å²) in [6.45, 7) is 6.53. The summed E-state index contributed by atoms with van der Waals surface area (Å²) in [5, 5.41) is 11.9. The molecule has 2 heterocycles. The lowest BCUT2D eigenvalue weighted by molar-refractivity contribution is 0.0199. The van der Waals surface area contributed by atoms with Crippen molar-refractivity contribution in [3.8, 4) is 11.8 Å². The van der Waals surface area contributed by atoms with Gasteiger partial charge in [0.05, 0.1) is 7.11 Å². The van der Waals surface area contributed by atoms with E-state index in [-0.39, 0.29) is 29.3 Å². The smallest absolute Gasteiger partial charge is 0.410 e. The highest BCUT2D eigenvalue weighted by molar-refractivity contribution is 5.93. The zero-order valence-corrected chi connectivity index (χ0v) is 15.5. The number of aromatic nitrogens is 1. The Balaban J connectivity index is 1.90. The van der Waals surface area contributed by atoms with Crippen LogP contribution in [0.3, 0.4) is 0 Å². The van der Waals surface area contributed by atoms with Crippen LogP contribution in [0.4, 0.5) is 4.79 Å². The van der Waals surface area contributed by atoms with Gasteiger partial charge in [-0.05, 0) is 33.6 Å². The molecule has 0 atom stereocenters. The summed E-state index contributed by atoms with van der Waals surface area (Å²) < 4.78 is 10.5. The number of nitriles is 1. The molecule has 26 heavy (non-hydrogen) atoms. The van der Waals surface area contributed by atoms with Crippen molar-refractivity contribution in [2.75, 3.05) is 20.2 Å². The number of carbonyl (C=O) groups is 2. The molecule has 0 radical (unpaired) electrons. The second-order valence-electron chi connectivity index (χ2n) is 7.10. The first-order chi connectivity index (χ1) is 12.2. The molecule has 0 spiro atoms. The van der Waals surface area contributed by atoms with Crippen molar-refractivity contribution < 1.29 is 19.1 Å². The van der Waals surface area contributed by atoms with Crippen molar-refractivity contribution in [3.63, 3.8) is 0 Å². The normalized spacial score (nSPS) is 15.1. The Morgan fingerprint density at radius 3 is 2.54 bits per heavy atom. The number of carbonyl (C=O) groups excluding carboxylic acids is 2. The first-order valence-electron chi connectivity index (χ1n) is 8.46. The lowest BCUT2D eigenvalue weighted by atomic mass is 10.1. The van der Waals surface area contributed by atoms with E-state index in [1.807, 2.05) is 26.8 Å². The van der Waals surface area contributed by atoms with Crippen molar-refractivity contribution in [3.05, 3.63) is 23.5 Å². The fourth-order valence-corrected chi connectivity index (χ4v) is 2.61. The number of methoxy groups -OCH3 is 1. The maximum atomic E-state index is 12.4. The van der Waals surface area contributed by atoms with Crippen LogP contribution in [0, 0.1) is 11.3 Å². The number of pyridine rings is 1. The summed E-state index contributed by atoms with van der Waals surface area (Å²) in [6, 6.07) is 3.35. The van der Waals surface area contributed by atoms with Crippen LogP contribution in [0.25, 0.3) is 0 Å². The molecule has 1 aliphatic heterocycles. The molecule has 1 aromatic heterocycles. The molecule has 140 valence electrons. The van der Waals surface area contributed by atoms with Crippen molar-refractivity contribution in [2.45, 2.75) is 45.3 Å². The molecule has 0 bridgehead atoms. The van der Waals surface area contributed by atoms with Gasteiger partial charge in [0.1, 0.15) is 28.7 Å². The largest absolute Gasteiger partial charge is 0.495 e. The Morgan fingerprint density at radius 1 is 1.35 bits per heavy atom. The molecule has 1 N–H and O–H groups in total. The number of nitrogens with zero attached hydrogens (tertiary/aromatic N) is 3. The highest BCUT2D eigenvalue weighted by Crippen LogP contribution is 2.18. The molecule has 1 aliphatic rings. The Hall–Kier alpha value is -2.82. The fraction of sp³-hybridized carbons (Fsp3) is 0.556. The fourth-order valence-electron chi connectivity index (χ4n) is 2.61. The third kappa shape index (κ3) is 5.09. The van der Waals surface area contributed by atoms with E-state index >= 15 is 0 Å². The Morgan fingerprint density at radius 2 is 2.00 bits per heavy atom. The number of nitrogens with one attached hydrogen (secondary N) is 1. The maximum absolute atomic E-state index is 12.4. The molecule has 0 aliphatic carbocycles. The SMILES string of the molecule is COc1cc(C(=O)NC2CCN(C(=O)OC(C)(C)C)CC2)ncc1C#N. The second-order valence-corrected chi connectivity index (χ2v) is 7.10. The minimum atomic E-state index is -0.525. The highest BCUT2D eigenvalue weighted by atomic mass is 16.6. The van der Waals surface area contributed by atoms with E-state index in [1.165, 1.54) is 19.4 Å².